The number of benzene rings is 1. The van der Waals surface area contributed by atoms with Gasteiger partial charge in [0.2, 0.25) is 65.0 Å². The van der Waals surface area contributed by atoms with Gasteiger partial charge in [-0.1, -0.05) is 91.1 Å². The predicted molar refractivity (Wildman–Crippen MR) is 304 cm³/mol. The fourth-order valence-electron chi connectivity index (χ4n) is 8.63. The number of carbonyl (C=O) groups excluding carboxylic acids is 12. The van der Waals surface area contributed by atoms with Crippen LogP contribution in [0, 0.1) is 17.8 Å². The van der Waals surface area contributed by atoms with Crippen LogP contribution in [0.25, 0.3) is 0 Å². The van der Waals surface area contributed by atoms with E-state index in [4.69, 9.17) is 16.2 Å². The minimum Gasteiger partial charge on any atom is -0.458 e. The molecule has 1 aromatic rings. The van der Waals surface area contributed by atoms with Gasteiger partial charge in [-0.3, -0.25) is 52.7 Å². The number of nitrogens with one attached hydrogen (secondary N) is 11. The number of carbonyl (C=O) groups is 12. The highest BCUT2D eigenvalue weighted by Gasteiger charge is 2.41. The summed E-state index contributed by atoms with van der Waals surface area (Å²) in [5.74, 6) is -13.3. The average Bonchev–Trinajstić information content (AvgIpc) is 3.46. The van der Waals surface area contributed by atoms with Crippen molar-refractivity contribution in [2.24, 2.45) is 29.2 Å². The summed E-state index contributed by atoms with van der Waals surface area (Å²) < 4.78 is 5.68. The molecule has 0 aliphatic carbocycles. The highest BCUT2D eigenvalue weighted by molar-refractivity contribution is 5.99. The fourth-order valence-corrected chi connectivity index (χ4v) is 8.63. The van der Waals surface area contributed by atoms with E-state index in [-0.39, 0.29) is 32.2 Å². The van der Waals surface area contributed by atoms with E-state index in [1.54, 1.807) is 71.9 Å². The molecule has 84 heavy (non-hydrogen) atoms. The summed E-state index contributed by atoms with van der Waals surface area (Å²) in [6, 6.07) is -7.18. The molecule has 18 N–H and O–H groups in total. The van der Waals surface area contributed by atoms with Crippen molar-refractivity contribution in [2.75, 3.05) is 26.8 Å². The molecule has 0 saturated carbocycles. The zero-order valence-corrected chi connectivity index (χ0v) is 49.7. The lowest BCUT2D eigenvalue weighted by atomic mass is 9.94. The van der Waals surface area contributed by atoms with Crippen LogP contribution in [0.2, 0.25) is 0 Å². The second-order valence-corrected chi connectivity index (χ2v) is 21.3. The van der Waals surface area contributed by atoms with Crippen molar-refractivity contribution >= 4 is 70.9 Å². The van der Waals surface area contributed by atoms with Crippen LogP contribution in [0.5, 0.6) is 0 Å². The lowest BCUT2D eigenvalue weighted by molar-refractivity contribution is -0.157. The normalized spacial score (nSPS) is 21.6. The monoisotopic (exact) mass is 1190 g/mol. The number of nitrogens with two attached hydrogens (primary N) is 2. The molecule has 1 fully saturated rings. The Morgan fingerprint density at radius 3 is 1.64 bits per heavy atom. The van der Waals surface area contributed by atoms with Crippen molar-refractivity contribution < 1.29 is 77.6 Å². The van der Waals surface area contributed by atoms with Gasteiger partial charge in [0.1, 0.15) is 66.5 Å². The lowest BCUT2D eigenvalue weighted by Crippen LogP contribution is -2.63. The number of esters is 1. The van der Waals surface area contributed by atoms with Crippen molar-refractivity contribution in [1.82, 2.24) is 58.5 Å². The van der Waals surface area contributed by atoms with E-state index < -0.39 is 193 Å². The minimum atomic E-state index is -1.82. The number of amides is 11. The van der Waals surface area contributed by atoms with E-state index >= 15 is 0 Å². The Hall–Kier alpha value is -7.34. The van der Waals surface area contributed by atoms with Crippen molar-refractivity contribution in [1.29, 1.82) is 0 Å². The second kappa shape index (κ2) is 36.4. The molecule has 29 nitrogen and oxygen atoms in total. The van der Waals surface area contributed by atoms with E-state index in [1.807, 2.05) is 0 Å². The molecule has 0 spiro atoms. The maximum Gasteiger partial charge on any atom is 0.329 e. The zero-order valence-electron chi connectivity index (χ0n) is 49.7. The van der Waals surface area contributed by atoms with Gasteiger partial charge in [0.15, 0.2) is 0 Å². The number of rotatable bonds is 32. The van der Waals surface area contributed by atoms with Gasteiger partial charge >= 0.3 is 5.97 Å². The topological polar surface area (TPSA) is 459 Å². The van der Waals surface area contributed by atoms with Crippen LogP contribution in [0.15, 0.2) is 30.3 Å². The molecule has 16 atom stereocenters. The van der Waals surface area contributed by atoms with E-state index in [2.05, 4.69) is 58.5 Å². The van der Waals surface area contributed by atoms with Gasteiger partial charge < -0.3 is 90.0 Å². The molecule has 29 heteroatoms. The molecule has 0 unspecified atom stereocenters. The van der Waals surface area contributed by atoms with E-state index in [0.29, 0.717) is 12.8 Å². The first-order chi connectivity index (χ1) is 39.6. The summed E-state index contributed by atoms with van der Waals surface area (Å²) >= 11 is 0. The molecule has 2 rings (SSSR count). The SMILES string of the molecule is CC[C@@H](C)[C@@H](NC(=O)[C@@H](CCC(N)=O)NC(=O)[C@H](CO)NC(=O)[C@@H](NC(=O)[C@@H](Cc1ccccc1)NC)[C@@H](C)O)C(=O)N[C@H](C(=O)N[C@@H](CO)C(=O)N[C@H]1C(=O)N[C@@H](C)C(=O)N[C@@H](CCCN)C(=O)N[C@@H]([C@@H](C)CC)C(=O)O[C@H]1C)[C@@H](C)CC. The summed E-state index contributed by atoms with van der Waals surface area (Å²) in [5.41, 5.74) is 11.9. The molecule has 1 aromatic carbocycles. The molecule has 1 saturated heterocycles. The van der Waals surface area contributed by atoms with Gasteiger partial charge in [-0.05, 0) is 83.4 Å². The number of ether oxygens (including phenoxy) is 1. The highest BCUT2D eigenvalue weighted by Crippen LogP contribution is 2.17. The summed E-state index contributed by atoms with van der Waals surface area (Å²) in [7, 11) is 1.53. The Kier molecular flexibility index (Phi) is 31.5. The molecule has 0 radical (unpaired) electrons. The molecule has 1 aliphatic heterocycles. The van der Waals surface area contributed by atoms with Crippen molar-refractivity contribution in [2.45, 2.75) is 192 Å². The number of hydrogen-bond donors (Lipinski definition) is 16. The molecule has 0 bridgehead atoms. The van der Waals surface area contributed by atoms with Gasteiger partial charge in [-0.15, -0.1) is 0 Å². The summed E-state index contributed by atoms with van der Waals surface area (Å²) in [6.45, 7) is 11.9. The quantitative estimate of drug-likeness (QED) is 0.0301. The Balaban J connectivity index is 2.39. The third-order valence-electron chi connectivity index (χ3n) is 14.7. The third kappa shape index (κ3) is 22.7. The zero-order chi connectivity index (χ0) is 63.5. The number of likely N-dealkylation sites (N-methyl/N-ethyl adjacent to an activating group) is 1. The first-order valence-corrected chi connectivity index (χ1v) is 28.5. The smallest absolute Gasteiger partial charge is 0.329 e. The molecular weight excluding hydrogens is 1100 g/mol. The average molecular weight is 1190 g/mol. The van der Waals surface area contributed by atoms with Gasteiger partial charge in [0.25, 0.3) is 0 Å². The Morgan fingerprint density at radius 1 is 0.631 bits per heavy atom. The van der Waals surface area contributed by atoms with E-state index in [9.17, 15) is 72.9 Å². The van der Waals surface area contributed by atoms with Crippen LogP contribution in [0.3, 0.4) is 0 Å². The maximum absolute atomic E-state index is 14.3. The number of aliphatic hydroxyl groups excluding tert-OH is 3. The second-order valence-electron chi connectivity index (χ2n) is 21.3. The Labute approximate surface area is 489 Å². The predicted octanol–water partition coefficient (Wildman–Crippen LogP) is -4.86. The molecular formula is C55H91N13O16. The van der Waals surface area contributed by atoms with Crippen LogP contribution >= 0.6 is 0 Å². The number of aliphatic hydroxyl groups is 3. The summed E-state index contributed by atoms with van der Waals surface area (Å²) in [6.07, 6.45) is -2.39. The fraction of sp³-hybridized carbons (Fsp3) is 0.673. The van der Waals surface area contributed by atoms with Gasteiger partial charge in [-0.25, -0.2) is 4.79 Å². The largest absolute Gasteiger partial charge is 0.458 e. The third-order valence-corrected chi connectivity index (χ3v) is 14.7. The van der Waals surface area contributed by atoms with Crippen molar-refractivity contribution in [3.8, 4) is 0 Å². The first kappa shape index (κ1) is 72.8. The molecule has 11 amide bonds. The standard InChI is InChI=1S/C55H91N13O16/c1-11-27(4)40(51(79)62-38(26-70)50(78)68-44-32(9)84-55(83)42(29(6)13-3)66-46(74)34(20-17-23-56)60-45(73)30(7)59-54(44)82)65-52(80)41(28(5)12-2)64-47(75)35(21-22-39(57)72)61-49(77)37(25-69)63-53(81)43(31(8)71)67-48(76)36(58-10)24-33-18-15-14-16-19-33/h14-16,18-19,27-32,34-38,40-44,58,69-71H,11-13,17,20-26,56H2,1-10H3,(H2,57,72)(H,59,82)(H,60,73)(H,61,77)(H,62,79)(H,63,81)(H,64,75)(H,65,80)(H,66,74)(H,67,76)(H,68,78)/t27-,28+,29-,30-,31+,32-,34-,35+,36+,37-,38-,40-,41+,42-,43-,44+/m0/s1. The summed E-state index contributed by atoms with van der Waals surface area (Å²) in [5, 5.41) is 58.8. The van der Waals surface area contributed by atoms with Crippen LogP contribution in [-0.4, -0.2) is 192 Å². The van der Waals surface area contributed by atoms with Gasteiger partial charge in [-0.2, -0.15) is 0 Å². The maximum atomic E-state index is 14.3. The molecule has 472 valence electrons. The number of hydrogen-bond acceptors (Lipinski definition) is 18. The molecule has 1 aliphatic rings. The van der Waals surface area contributed by atoms with Crippen LogP contribution in [0.1, 0.15) is 113 Å². The summed E-state index contributed by atoms with van der Waals surface area (Å²) in [4.78, 5) is 164. The number of primary amides is 1. The highest BCUT2D eigenvalue weighted by atomic mass is 16.5. The Morgan fingerprint density at radius 2 is 1.13 bits per heavy atom. The van der Waals surface area contributed by atoms with E-state index in [1.165, 1.54) is 27.8 Å². The van der Waals surface area contributed by atoms with Crippen molar-refractivity contribution in [3.05, 3.63) is 35.9 Å². The Bertz CT molecular complexity index is 2400. The van der Waals surface area contributed by atoms with Crippen LogP contribution in [-0.2, 0) is 68.7 Å². The molecule has 0 aromatic heterocycles. The van der Waals surface area contributed by atoms with Crippen LogP contribution < -0.4 is 70.0 Å². The molecule has 1 heterocycles. The van der Waals surface area contributed by atoms with Crippen molar-refractivity contribution in [3.63, 3.8) is 0 Å². The minimum absolute atomic E-state index is 0.102. The van der Waals surface area contributed by atoms with Crippen LogP contribution in [0.4, 0.5) is 0 Å². The number of cyclic esters (lactones) is 1. The van der Waals surface area contributed by atoms with Gasteiger partial charge in [0, 0.05) is 6.42 Å². The van der Waals surface area contributed by atoms with E-state index in [0.717, 1.165) is 5.56 Å². The lowest BCUT2D eigenvalue weighted by Gasteiger charge is -2.31. The first-order valence-electron chi connectivity index (χ1n) is 28.5. The van der Waals surface area contributed by atoms with Gasteiger partial charge in [0.05, 0.1) is 25.4 Å².